The highest BCUT2D eigenvalue weighted by atomic mass is 16.5. The number of nitrogens with one attached hydrogen (secondary N) is 1. The second-order valence-corrected chi connectivity index (χ2v) is 5.59. The quantitative estimate of drug-likeness (QED) is 0.630. The Morgan fingerprint density at radius 1 is 1.25 bits per heavy atom. The molecule has 5 nitrogen and oxygen atoms in total. The first-order valence-electron chi connectivity index (χ1n) is 7.87. The van der Waals surface area contributed by atoms with Crippen molar-refractivity contribution in [2.75, 3.05) is 6.61 Å². The number of rotatable bonds is 6. The van der Waals surface area contributed by atoms with Crippen molar-refractivity contribution in [3.8, 4) is 11.5 Å². The molecule has 2 aromatic carbocycles. The molecule has 0 saturated heterocycles. The summed E-state index contributed by atoms with van der Waals surface area (Å²) in [6.45, 7) is 6.47. The van der Waals surface area contributed by atoms with E-state index in [1.807, 2.05) is 32.9 Å². The van der Waals surface area contributed by atoms with Crippen LogP contribution in [-0.2, 0) is 0 Å². The Morgan fingerprint density at radius 3 is 2.71 bits per heavy atom. The zero-order chi connectivity index (χ0) is 17.5. The van der Waals surface area contributed by atoms with Gasteiger partial charge in [-0.05, 0) is 44.0 Å². The molecule has 0 unspecified atom stereocenters. The Morgan fingerprint density at radius 2 is 2.04 bits per heavy atom. The van der Waals surface area contributed by atoms with Crippen molar-refractivity contribution in [1.82, 2.24) is 5.43 Å². The molecule has 0 radical (unpaired) electrons. The van der Waals surface area contributed by atoms with E-state index in [1.165, 1.54) is 12.3 Å². The number of hydrogen-bond donors (Lipinski definition) is 2. The largest absolute Gasteiger partial charge is 0.507 e. The lowest BCUT2D eigenvalue weighted by Gasteiger charge is -2.07. The van der Waals surface area contributed by atoms with Crippen LogP contribution >= 0.6 is 0 Å². The number of phenols is 1. The van der Waals surface area contributed by atoms with Gasteiger partial charge in [-0.25, -0.2) is 5.43 Å². The maximum absolute atomic E-state index is 12.1. The average Bonchev–Trinajstić information content (AvgIpc) is 2.54. The van der Waals surface area contributed by atoms with Crippen LogP contribution in [0.1, 0.15) is 40.4 Å². The van der Waals surface area contributed by atoms with Gasteiger partial charge in [-0.2, -0.15) is 5.10 Å². The van der Waals surface area contributed by atoms with Gasteiger partial charge in [-0.1, -0.05) is 24.6 Å². The van der Waals surface area contributed by atoms with Crippen LogP contribution in [0.15, 0.2) is 41.5 Å². The summed E-state index contributed by atoms with van der Waals surface area (Å²) in [7, 11) is 0. The van der Waals surface area contributed by atoms with E-state index >= 15 is 0 Å². The molecule has 2 rings (SSSR count). The van der Waals surface area contributed by atoms with Gasteiger partial charge >= 0.3 is 0 Å². The molecule has 2 N–H and O–H groups in total. The highest BCUT2D eigenvalue weighted by molar-refractivity contribution is 5.96. The van der Waals surface area contributed by atoms with Gasteiger partial charge in [0.2, 0.25) is 0 Å². The van der Waals surface area contributed by atoms with Gasteiger partial charge < -0.3 is 9.84 Å². The number of carbonyl (C=O) groups excluding carboxylic acids is 1. The van der Waals surface area contributed by atoms with Crippen LogP contribution in [0.3, 0.4) is 0 Å². The number of aryl methyl sites for hydroxylation is 2. The molecular formula is C19H22N2O3. The highest BCUT2D eigenvalue weighted by Crippen LogP contribution is 2.22. The third kappa shape index (κ3) is 4.59. The van der Waals surface area contributed by atoms with Crippen molar-refractivity contribution in [2.45, 2.75) is 27.2 Å². The summed E-state index contributed by atoms with van der Waals surface area (Å²) in [5.74, 6) is 0.366. The van der Waals surface area contributed by atoms with Crippen molar-refractivity contribution in [3.05, 3.63) is 58.7 Å². The first-order valence-corrected chi connectivity index (χ1v) is 7.87. The molecule has 0 aromatic heterocycles. The normalized spacial score (nSPS) is 10.8. The lowest BCUT2D eigenvalue weighted by molar-refractivity contribution is 0.0954. The summed E-state index contributed by atoms with van der Waals surface area (Å²) in [6, 6.07) is 10.6. The van der Waals surface area contributed by atoms with Crippen molar-refractivity contribution in [2.24, 2.45) is 5.10 Å². The average molecular weight is 326 g/mol. The molecule has 0 aliphatic rings. The molecule has 1 amide bonds. The first kappa shape index (κ1) is 17.5. The van der Waals surface area contributed by atoms with E-state index in [0.717, 1.165) is 17.5 Å². The predicted molar refractivity (Wildman–Crippen MR) is 94.9 cm³/mol. The van der Waals surface area contributed by atoms with Crippen LogP contribution in [0.25, 0.3) is 0 Å². The molecule has 0 atom stereocenters. The Kier molecular flexibility index (Phi) is 5.95. The SMILES string of the molecule is CCCOc1ccc(/C=N\NC(=O)c2ccc(C)cc2C)c(O)c1. The molecule has 0 aliphatic heterocycles. The summed E-state index contributed by atoms with van der Waals surface area (Å²) in [5, 5.41) is 13.9. The van der Waals surface area contributed by atoms with Crippen LogP contribution in [0.5, 0.6) is 11.5 Å². The fraction of sp³-hybridized carbons (Fsp3) is 0.263. The standard InChI is InChI=1S/C19H22N2O3/c1-4-9-24-16-7-6-15(18(22)11-16)12-20-21-19(23)17-8-5-13(2)10-14(17)3/h5-8,10-12,22H,4,9H2,1-3H3,(H,21,23)/b20-12-. The molecule has 0 fully saturated rings. The second kappa shape index (κ2) is 8.15. The number of ether oxygens (including phenoxy) is 1. The van der Waals surface area contributed by atoms with E-state index in [2.05, 4.69) is 10.5 Å². The Bertz CT molecular complexity index is 754. The third-order valence-corrected chi connectivity index (χ3v) is 3.47. The van der Waals surface area contributed by atoms with Gasteiger partial charge in [0.05, 0.1) is 12.8 Å². The topological polar surface area (TPSA) is 70.9 Å². The van der Waals surface area contributed by atoms with Gasteiger partial charge in [-0.15, -0.1) is 0 Å². The first-order chi connectivity index (χ1) is 11.5. The molecule has 0 aliphatic carbocycles. The summed E-state index contributed by atoms with van der Waals surface area (Å²) in [5.41, 5.74) is 5.54. The number of hydrogen-bond acceptors (Lipinski definition) is 4. The van der Waals surface area contributed by atoms with E-state index in [0.29, 0.717) is 23.5 Å². The Labute approximate surface area is 142 Å². The van der Waals surface area contributed by atoms with E-state index in [4.69, 9.17) is 4.74 Å². The van der Waals surface area contributed by atoms with Crippen molar-refractivity contribution in [1.29, 1.82) is 0 Å². The van der Waals surface area contributed by atoms with Crippen LogP contribution in [0, 0.1) is 13.8 Å². The molecule has 0 spiro atoms. The fourth-order valence-electron chi connectivity index (χ4n) is 2.23. The summed E-state index contributed by atoms with van der Waals surface area (Å²) in [4.78, 5) is 12.1. The lowest BCUT2D eigenvalue weighted by Crippen LogP contribution is -2.18. The molecule has 126 valence electrons. The molecule has 2 aromatic rings. The van der Waals surface area contributed by atoms with Crippen LogP contribution < -0.4 is 10.2 Å². The number of carbonyl (C=O) groups is 1. The minimum atomic E-state index is -0.286. The van der Waals surface area contributed by atoms with Gasteiger partial charge in [0.1, 0.15) is 11.5 Å². The Balaban J connectivity index is 2.02. The van der Waals surface area contributed by atoms with Crippen molar-refractivity contribution < 1.29 is 14.6 Å². The summed E-state index contributed by atoms with van der Waals surface area (Å²) >= 11 is 0. The van der Waals surface area contributed by atoms with Gasteiger partial charge in [0, 0.05) is 17.2 Å². The number of aromatic hydroxyl groups is 1. The number of phenolic OH excluding ortho intramolecular Hbond substituents is 1. The zero-order valence-electron chi connectivity index (χ0n) is 14.2. The fourth-order valence-corrected chi connectivity index (χ4v) is 2.23. The van der Waals surface area contributed by atoms with Crippen molar-refractivity contribution >= 4 is 12.1 Å². The third-order valence-electron chi connectivity index (χ3n) is 3.47. The molecule has 0 saturated carbocycles. The van der Waals surface area contributed by atoms with Crippen LogP contribution in [-0.4, -0.2) is 23.8 Å². The summed E-state index contributed by atoms with van der Waals surface area (Å²) in [6.07, 6.45) is 2.30. The number of hydrazone groups is 1. The van der Waals surface area contributed by atoms with Gasteiger partial charge in [-0.3, -0.25) is 4.79 Å². The monoisotopic (exact) mass is 326 g/mol. The van der Waals surface area contributed by atoms with Gasteiger partial charge in [0.15, 0.2) is 0 Å². The highest BCUT2D eigenvalue weighted by Gasteiger charge is 2.08. The van der Waals surface area contributed by atoms with Crippen LogP contribution in [0.4, 0.5) is 0 Å². The summed E-state index contributed by atoms with van der Waals surface area (Å²) < 4.78 is 5.44. The van der Waals surface area contributed by atoms with Crippen molar-refractivity contribution in [3.63, 3.8) is 0 Å². The number of nitrogens with zero attached hydrogens (tertiary/aromatic N) is 1. The maximum Gasteiger partial charge on any atom is 0.271 e. The van der Waals surface area contributed by atoms with E-state index in [9.17, 15) is 9.90 Å². The molecule has 0 heterocycles. The molecule has 5 heteroatoms. The molecular weight excluding hydrogens is 304 g/mol. The second-order valence-electron chi connectivity index (χ2n) is 5.59. The smallest absolute Gasteiger partial charge is 0.271 e. The maximum atomic E-state index is 12.1. The van der Waals surface area contributed by atoms with E-state index < -0.39 is 0 Å². The predicted octanol–water partition coefficient (Wildman–Crippen LogP) is 3.56. The molecule has 0 bridgehead atoms. The van der Waals surface area contributed by atoms with E-state index in [1.54, 1.807) is 18.2 Å². The lowest BCUT2D eigenvalue weighted by atomic mass is 10.1. The van der Waals surface area contributed by atoms with Gasteiger partial charge in [0.25, 0.3) is 5.91 Å². The minimum absolute atomic E-state index is 0.0492. The van der Waals surface area contributed by atoms with Crippen LogP contribution in [0.2, 0.25) is 0 Å². The minimum Gasteiger partial charge on any atom is -0.507 e. The zero-order valence-corrected chi connectivity index (χ0v) is 14.2. The number of amides is 1. The number of benzene rings is 2. The van der Waals surface area contributed by atoms with E-state index in [-0.39, 0.29) is 11.7 Å². The molecule has 24 heavy (non-hydrogen) atoms. The Hall–Kier alpha value is -2.82.